The molecule has 4 heteroatoms. The number of hydrogen-bond donors (Lipinski definition) is 0. The monoisotopic (exact) mass is 349 g/mol. The first kappa shape index (κ1) is 15.0. The van der Waals surface area contributed by atoms with Gasteiger partial charge in [-0.1, -0.05) is 30.3 Å². The molecule has 0 bridgehead atoms. The van der Waals surface area contributed by atoms with Gasteiger partial charge in [-0.15, -0.1) is 11.3 Å². The van der Waals surface area contributed by atoms with Gasteiger partial charge >= 0.3 is 0 Å². The highest BCUT2D eigenvalue weighted by molar-refractivity contribution is 9.11. The zero-order valence-electron chi connectivity index (χ0n) is 11.4. The third kappa shape index (κ3) is 3.81. The number of halogens is 1. The summed E-state index contributed by atoms with van der Waals surface area (Å²) in [6, 6.07) is 14.1. The molecule has 0 radical (unpaired) electrons. The molecule has 0 fully saturated rings. The van der Waals surface area contributed by atoms with Crippen LogP contribution in [0.3, 0.4) is 0 Å². The lowest BCUT2D eigenvalue weighted by Gasteiger charge is -2.24. The van der Waals surface area contributed by atoms with E-state index in [0.29, 0.717) is 0 Å². The number of carbonyl (C=O) groups excluding carboxylic acids is 1. The molecule has 0 aliphatic heterocycles. The van der Waals surface area contributed by atoms with Crippen molar-refractivity contribution in [3.63, 3.8) is 0 Å². The molecule has 20 heavy (non-hydrogen) atoms. The maximum absolute atomic E-state index is 12.2. The van der Waals surface area contributed by atoms with Crippen molar-refractivity contribution in [1.29, 1.82) is 0 Å². The van der Waals surface area contributed by atoms with Gasteiger partial charge in [0.15, 0.2) is 0 Å². The van der Waals surface area contributed by atoms with Crippen molar-refractivity contribution >= 4 is 39.2 Å². The second-order valence-corrected chi connectivity index (χ2v) is 7.01. The molecule has 1 unspecified atom stereocenters. The lowest BCUT2D eigenvalue weighted by atomic mass is 10.1. The van der Waals surface area contributed by atoms with Gasteiger partial charge in [0.05, 0.1) is 9.83 Å². The predicted molar refractivity (Wildman–Crippen MR) is 88.7 cm³/mol. The molecule has 1 heterocycles. The van der Waals surface area contributed by atoms with Crippen LogP contribution >= 0.6 is 27.3 Å². The molecule has 1 amide bonds. The number of likely N-dealkylation sites (N-methyl/N-ethyl adjacent to an activating group) is 1. The first-order chi connectivity index (χ1) is 9.58. The molecule has 0 saturated heterocycles. The minimum atomic E-state index is 0.00544. The van der Waals surface area contributed by atoms with E-state index in [1.54, 1.807) is 22.3 Å². The van der Waals surface area contributed by atoms with Crippen LogP contribution in [0.2, 0.25) is 0 Å². The Bertz CT molecular complexity index is 606. The fourth-order valence-electron chi connectivity index (χ4n) is 1.83. The molecular formula is C16H16BrNOS. The number of thiophene rings is 1. The largest absolute Gasteiger partial charge is 0.335 e. The number of carbonyl (C=O) groups is 1. The highest BCUT2D eigenvalue weighted by Gasteiger charge is 2.14. The minimum Gasteiger partial charge on any atom is -0.335 e. The van der Waals surface area contributed by atoms with Crippen LogP contribution in [0.15, 0.2) is 52.3 Å². The number of rotatable bonds is 4. The van der Waals surface area contributed by atoms with Crippen LogP contribution in [0.5, 0.6) is 0 Å². The second kappa shape index (κ2) is 6.86. The van der Waals surface area contributed by atoms with Crippen LogP contribution < -0.4 is 0 Å². The summed E-state index contributed by atoms with van der Waals surface area (Å²) in [5, 5.41) is 0. The molecular weight excluding hydrogens is 334 g/mol. The van der Waals surface area contributed by atoms with Gasteiger partial charge in [0.25, 0.3) is 0 Å². The van der Waals surface area contributed by atoms with E-state index in [2.05, 4.69) is 15.9 Å². The molecule has 0 saturated carbocycles. The van der Waals surface area contributed by atoms with Crippen molar-refractivity contribution in [1.82, 2.24) is 4.90 Å². The van der Waals surface area contributed by atoms with E-state index in [4.69, 9.17) is 0 Å². The van der Waals surface area contributed by atoms with Crippen LogP contribution in [0, 0.1) is 0 Å². The lowest BCUT2D eigenvalue weighted by molar-refractivity contribution is -0.126. The van der Waals surface area contributed by atoms with Gasteiger partial charge < -0.3 is 4.90 Å². The fraction of sp³-hybridized carbons (Fsp3) is 0.188. The normalized spacial score (nSPS) is 12.6. The van der Waals surface area contributed by atoms with Gasteiger partial charge in [-0.3, -0.25) is 4.79 Å². The SMILES string of the molecule is CC(c1ccccc1)N(C)C(=O)C=Cc1ccc(Br)s1. The second-order valence-electron chi connectivity index (χ2n) is 4.51. The zero-order chi connectivity index (χ0) is 14.5. The van der Waals surface area contributed by atoms with E-state index in [-0.39, 0.29) is 11.9 Å². The maximum Gasteiger partial charge on any atom is 0.246 e. The molecule has 1 aromatic carbocycles. The van der Waals surface area contributed by atoms with Gasteiger partial charge in [0.1, 0.15) is 0 Å². The van der Waals surface area contributed by atoms with E-state index in [1.807, 2.05) is 62.5 Å². The summed E-state index contributed by atoms with van der Waals surface area (Å²) in [6.45, 7) is 2.03. The number of benzene rings is 1. The van der Waals surface area contributed by atoms with Crippen LogP contribution in [0.25, 0.3) is 6.08 Å². The Balaban J connectivity index is 2.03. The zero-order valence-corrected chi connectivity index (χ0v) is 13.8. The summed E-state index contributed by atoms with van der Waals surface area (Å²) in [5.74, 6) is 0.00544. The summed E-state index contributed by atoms with van der Waals surface area (Å²) in [5.41, 5.74) is 1.13. The van der Waals surface area contributed by atoms with E-state index in [0.717, 1.165) is 14.2 Å². The average molecular weight is 350 g/mol. The van der Waals surface area contributed by atoms with Crippen molar-refractivity contribution in [2.75, 3.05) is 7.05 Å². The summed E-state index contributed by atoms with van der Waals surface area (Å²) in [4.78, 5) is 15.0. The molecule has 0 aliphatic carbocycles. The Kier molecular flexibility index (Phi) is 5.15. The maximum atomic E-state index is 12.2. The molecule has 1 aromatic heterocycles. The molecule has 0 aliphatic rings. The number of nitrogens with zero attached hydrogens (tertiary/aromatic N) is 1. The summed E-state index contributed by atoms with van der Waals surface area (Å²) in [6.07, 6.45) is 3.48. The van der Waals surface area contributed by atoms with E-state index >= 15 is 0 Å². The fourth-order valence-corrected chi connectivity index (χ4v) is 3.16. The number of hydrogen-bond acceptors (Lipinski definition) is 2. The van der Waals surface area contributed by atoms with Gasteiger partial charge in [-0.05, 0) is 46.6 Å². The standard InChI is InChI=1S/C16H16BrNOS/c1-12(13-6-4-3-5-7-13)18(2)16(19)11-9-14-8-10-15(17)20-14/h3-12H,1-2H3. The lowest BCUT2D eigenvalue weighted by Crippen LogP contribution is -2.27. The molecule has 0 N–H and O–H groups in total. The molecule has 0 spiro atoms. The topological polar surface area (TPSA) is 20.3 Å². The molecule has 1 atom stereocenters. The molecule has 2 nitrogen and oxygen atoms in total. The summed E-state index contributed by atoms with van der Waals surface area (Å²) in [7, 11) is 1.83. The minimum absolute atomic E-state index is 0.00544. The Hall–Kier alpha value is -1.39. The van der Waals surface area contributed by atoms with Crippen LogP contribution in [0.1, 0.15) is 23.4 Å². The van der Waals surface area contributed by atoms with E-state index in [9.17, 15) is 4.79 Å². The summed E-state index contributed by atoms with van der Waals surface area (Å²) < 4.78 is 1.07. The third-order valence-electron chi connectivity index (χ3n) is 3.19. The van der Waals surface area contributed by atoms with Crippen molar-refractivity contribution < 1.29 is 4.79 Å². The molecule has 2 aromatic rings. The Labute approximate surface area is 131 Å². The smallest absolute Gasteiger partial charge is 0.246 e. The predicted octanol–water partition coefficient (Wildman–Crippen LogP) is 4.74. The summed E-state index contributed by atoms with van der Waals surface area (Å²) >= 11 is 5.02. The highest BCUT2D eigenvalue weighted by atomic mass is 79.9. The van der Waals surface area contributed by atoms with Crippen molar-refractivity contribution in [3.05, 3.63) is 62.8 Å². The van der Waals surface area contributed by atoms with Crippen molar-refractivity contribution in [3.8, 4) is 0 Å². The van der Waals surface area contributed by atoms with Gasteiger partial charge in [0.2, 0.25) is 5.91 Å². The number of amides is 1. The third-order valence-corrected chi connectivity index (χ3v) is 4.78. The molecule has 104 valence electrons. The Morgan fingerprint density at radius 2 is 1.95 bits per heavy atom. The van der Waals surface area contributed by atoms with Crippen molar-refractivity contribution in [2.45, 2.75) is 13.0 Å². The van der Waals surface area contributed by atoms with E-state index < -0.39 is 0 Å². The highest BCUT2D eigenvalue weighted by Crippen LogP contribution is 2.23. The van der Waals surface area contributed by atoms with Gasteiger partial charge in [-0.25, -0.2) is 0 Å². The average Bonchev–Trinajstić information content (AvgIpc) is 2.89. The van der Waals surface area contributed by atoms with Crippen molar-refractivity contribution in [2.24, 2.45) is 0 Å². The Morgan fingerprint density at radius 1 is 1.25 bits per heavy atom. The van der Waals surface area contributed by atoms with Gasteiger partial charge in [0, 0.05) is 18.0 Å². The van der Waals surface area contributed by atoms with E-state index in [1.165, 1.54) is 0 Å². The first-order valence-corrected chi connectivity index (χ1v) is 7.94. The first-order valence-electron chi connectivity index (χ1n) is 6.33. The Morgan fingerprint density at radius 3 is 2.55 bits per heavy atom. The quantitative estimate of drug-likeness (QED) is 0.729. The van der Waals surface area contributed by atoms with Gasteiger partial charge in [-0.2, -0.15) is 0 Å². The van der Waals surface area contributed by atoms with Crippen LogP contribution in [-0.2, 0) is 4.79 Å². The van der Waals surface area contributed by atoms with Crippen LogP contribution in [0.4, 0.5) is 0 Å². The van der Waals surface area contributed by atoms with Crippen LogP contribution in [-0.4, -0.2) is 17.9 Å². The molecule has 2 rings (SSSR count).